The Labute approximate surface area is 124 Å². The first-order valence-corrected chi connectivity index (χ1v) is 7.28. The van der Waals surface area contributed by atoms with Crippen molar-refractivity contribution in [2.75, 3.05) is 31.2 Å². The number of hydrogen-bond donors (Lipinski definition) is 2. The van der Waals surface area contributed by atoms with Crippen LogP contribution in [0.4, 0.5) is 11.6 Å². The summed E-state index contributed by atoms with van der Waals surface area (Å²) in [4.78, 5) is 22.6. The van der Waals surface area contributed by atoms with Gasteiger partial charge in [-0.15, -0.1) is 0 Å². The average Bonchev–Trinajstić information content (AvgIpc) is 2.47. The summed E-state index contributed by atoms with van der Waals surface area (Å²) in [6.45, 7) is 3.80. The van der Waals surface area contributed by atoms with Crippen LogP contribution in [0.15, 0.2) is 6.07 Å². The summed E-state index contributed by atoms with van der Waals surface area (Å²) in [5.74, 6) is 1.50. The number of hydrogen-bond acceptors (Lipinski definition) is 6. The number of nitrogen functional groups attached to an aromatic ring is 1. The van der Waals surface area contributed by atoms with E-state index in [0.29, 0.717) is 17.5 Å². The van der Waals surface area contributed by atoms with E-state index in [1.54, 1.807) is 13.2 Å². The van der Waals surface area contributed by atoms with Gasteiger partial charge in [-0.05, 0) is 26.2 Å². The Morgan fingerprint density at radius 2 is 2.14 bits per heavy atom. The number of anilines is 2. The highest BCUT2D eigenvalue weighted by Gasteiger charge is 2.22. The largest absolute Gasteiger partial charge is 0.384 e. The maximum atomic E-state index is 12.4. The summed E-state index contributed by atoms with van der Waals surface area (Å²) < 4.78 is 5.00. The van der Waals surface area contributed by atoms with Crippen LogP contribution >= 0.6 is 0 Å². The number of amides is 1. The van der Waals surface area contributed by atoms with E-state index < -0.39 is 0 Å². The Hall–Kier alpha value is -1.89. The van der Waals surface area contributed by atoms with Crippen molar-refractivity contribution in [3.05, 3.63) is 11.9 Å². The van der Waals surface area contributed by atoms with E-state index in [1.807, 2.05) is 11.8 Å². The summed E-state index contributed by atoms with van der Waals surface area (Å²) in [5, 5.41) is 3.10. The number of likely N-dealkylation sites (tertiary alicyclic amines) is 1. The summed E-state index contributed by atoms with van der Waals surface area (Å²) in [5.41, 5.74) is 5.74. The molecule has 1 aromatic heterocycles. The van der Waals surface area contributed by atoms with Crippen molar-refractivity contribution in [1.82, 2.24) is 14.9 Å². The van der Waals surface area contributed by atoms with Gasteiger partial charge in [0.15, 0.2) is 5.82 Å². The molecular formula is C14H23N5O2. The van der Waals surface area contributed by atoms with Crippen LogP contribution in [-0.4, -0.2) is 47.0 Å². The van der Waals surface area contributed by atoms with Gasteiger partial charge >= 0.3 is 0 Å². The highest BCUT2D eigenvalue weighted by molar-refractivity contribution is 5.84. The van der Waals surface area contributed by atoms with E-state index in [1.165, 1.54) is 6.42 Å². The van der Waals surface area contributed by atoms with E-state index in [0.717, 1.165) is 25.9 Å². The van der Waals surface area contributed by atoms with Gasteiger partial charge in [0, 0.05) is 26.3 Å². The van der Waals surface area contributed by atoms with E-state index in [4.69, 9.17) is 10.5 Å². The van der Waals surface area contributed by atoms with Crippen molar-refractivity contribution >= 4 is 17.5 Å². The minimum Gasteiger partial charge on any atom is -0.384 e. The van der Waals surface area contributed by atoms with Crippen LogP contribution < -0.4 is 11.1 Å². The molecule has 0 saturated carbocycles. The lowest BCUT2D eigenvalue weighted by Crippen LogP contribution is -2.44. The Morgan fingerprint density at radius 1 is 1.43 bits per heavy atom. The maximum absolute atomic E-state index is 12.4. The molecule has 0 aromatic carbocycles. The lowest BCUT2D eigenvalue weighted by atomic mass is 10.1. The van der Waals surface area contributed by atoms with Gasteiger partial charge in [0.1, 0.15) is 24.3 Å². The third-order valence-electron chi connectivity index (χ3n) is 3.47. The maximum Gasteiger partial charge on any atom is 0.244 e. The first-order chi connectivity index (χ1) is 10.1. The van der Waals surface area contributed by atoms with Crippen molar-refractivity contribution in [2.24, 2.45) is 0 Å². The number of nitrogens with two attached hydrogens (primary N) is 1. The molecule has 21 heavy (non-hydrogen) atoms. The van der Waals surface area contributed by atoms with Crippen LogP contribution in [-0.2, 0) is 16.1 Å². The second-order valence-corrected chi connectivity index (χ2v) is 5.28. The van der Waals surface area contributed by atoms with E-state index in [-0.39, 0.29) is 18.6 Å². The minimum atomic E-state index is -0.340. The summed E-state index contributed by atoms with van der Waals surface area (Å²) >= 11 is 0. The quantitative estimate of drug-likeness (QED) is 0.842. The van der Waals surface area contributed by atoms with Crippen LogP contribution in [0.1, 0.15) is 32.0 Å². The van der Waals surface area contributed by atoms with Crippen LogP contribution in [0.2, 0.25) is 0 Å². The number of carbonyl (C=O) groups excluding carboxylic acids is 1. The molecule has 3 N–H and O–H groups in total. The number of piperidine rings is 1. The van der Waals surface area contributed by atoms with Crippen LogP contribution in [0.5, 0.6) is 0 Å². The molecule has 2 rings (SSSR count). The molecule has 1 saturated heterocycles. The normalized spacial score (nSPS) is 16.6. The van der Waals surface area contributed by atoms with Crippen molar-refractivity contribution < 1.29 is 9.53 Å². The minimum absolute atomic E-state index is 0.0974. The van der Waals surface area contributed by atoms with E-state index in [9.17, 15) is 4.79 Å². The number of nitrogens with one attached hydrogen (secondary N) is 1. The molecule has 1 fully saturated rings. The number of aromatic nitrogens is 2. The smallest absolute Gasteiger partial charge is 0.244 e. The Balaban J connectivity index is 2.01. The second-order valence-electron chi connectivity index (χ2n) is 5.28. The molecular weight excluding hydrogens is 270 g/mol. The van der Waals surface area contributed by atoms with Gasteiger partial charge in [-0.3, -0.25) is 4.79 Å². The monoisotopic (exact) mass is 293 g/mol. The second kappa shape index (κ2) is 7.21. The molecule has 2 heterocycles. The number of nitrogens with zero attached hydrogens (tertiary/aromatic N) is 3. The van der Waals surface area contributed by atoms with Crippen molar-refractivity contribution in [1.29, 1.82) is 0 Å². The van der Waals surface area contributed by atoms with Crippen molar-refractivity contribution in [3.63, 3.8) is 0 Å². The molecule has 7 nitrogen and oxygen atoms in total. The fourth-order valence-corrected chi connectivity index (χ4v) is 2.46. The molecule has 116 valence electrons. The molecule has 0 radical (unpaired) electrons. The molecule has 1 aliphatic heterocycles. The van der Waals surface area contributed by atoms with Gasteiger partial charge in [0.25, 0.3) is 0 Å². The number of ether oxygens (including phenoxy) is 1. The molecule has 0 aliphatic carbocycles. The van der Waals surface area contributed by atoms with Gasteiger partial charge < -0.3 is 20.7 Å². The molecule has 0 bridgehead atoms. The zero-order chi connectivity index (χ0) is 15.2. The standard InChI is InChI=1S/C14H23N5O2/c1-10(14(20)19-6-4-3-5-7-19)16-12-8-11(15)17-13(18-12)9-21-2/h8,10H,3-7,9H2,1-2H3,(H3,15,16,17,18). The highest BCUT2D eigenvalue weighted by Crippen LogP contribution is 2.14. The number of carbonyl (C=O) groups is 1. The van der Waals surface area contributed by atoms with Crippen LogP contribution in [0, 0.1) is 0 Å². The molecule has 1 aliphatic rings. The molecule has 1 aromatic rings. The fraction of sp³-hybridized carbons (Fsp3) is 0.643. The molecule has 1 atom stereocenters. The van der Waals surface area contributed by atoms with Crippen LogP contribution in [0.3, 0.4) is 0 Å². The molecule has 7 heteroatoms. The lowest BCUT2D eigenvalue weighted by molar-refractivity contribution is -0.132. The Morgan fingerprint density at radius 3 is 2.81 bits per heavy atom. The molecule has 1 amide bonds. The third kappa shape index (κ3) is 4.29. The van der Waals surface area contributed by atoms with Crippen LogP contribution in [0.25, 0.3) is 0 Å². The third-order valence-corrected chi connectivity index (χ3v) is 3.47. The lowest BCUT2D eigenvalue weighted by Gasteiger charge is -2.29. The first-order valence-electron chi connectivity index (χ1n) is 7.28. The van der Waals surface area contributed by atoms with E-state index >= 15 is 0 Å². The topological polar surface area (TPSA) is 93.4 Å². The zero-order valence-electron chi connectivity index (χ0n) is 12.6. The van der Waals surface area contributed by atoms with Gasteiger partial charge in [0.05, 0.1) is 0 Å². The molecule has 1 unspecified atom stereocenters. The van der Waals surface area contributed by atoms with Gasteiger partial charge in [-0.2, -0.15) is 0 Å². The number of rotatable bonds is 5. The van der Waals surface area contributed by atoms with Gasteiger partial charge in [-0.25, -0.2) is 9.97 Å². The predicted molar refractivity (Wildman–Crippen MR) is 80.7 cm³/mol. The average molecular weight is 293 g/mol. The number of methoxy groups -OCH3 is 1. The fourth-order valence-electron chi connectivity index (χ4n) is 2.46. The highest BCUT2D eigenvalue weighted by atomic mass is 16.5. The Bertz CT molecular complexity index is 488. The molecule has 0 spiro atoms. The summed E-state index contributed by atoms with van der Waals surface area (Å²) in [6.07, 6.45) is 3.36. The van der Waals surface area contributed by atoms with Crippen molar-refractivity contribution in [2.45, 2.75) is 38.8 Å². The van der Waals surface area contributed by atoms with Gasteiger partial charge in [0.2, 0.25) is 5.91 Å². The summed E-state index contributed by atoms with van der Waals surface area (Å²) in [7, 11) is 1.57. The van der Waals surface area contributed by atoms with Gasteiger partial charge in [-0.1, -0.05) is 0 Å². The SMILES string of the molecule is COCc1nc(N)cc(NC(C)C(=O)N2CCCCC2)n1. The first kappa shape index (κ1) is 15.5. The predicted octanol–water partition coefficient (Wildman–Crippen LogP) is 1.02. The Kier molecular flexibility index (Phi) is 5.32. The summed E-state index contributed by atoms with van der Waals surface area (Å²) in [6, 6.07) is 1.28. The van der Waals surface area contributed by atoms with Crippen molar-refractivity contribution in [3.8, 4) is 0 Å². The zero-order valence-corrected chi connectivity index (χ0v) is 12.6. The van der Waals surface area contributed by atoms with E-state index in [2.05, 4.69) is 15.3 Å².